The number of benzene rings is 1. The number of hydrogen-bond acceptors (Lipinski definition) is 6. The molecule has 178 valence electrons. The molecule has 10 nitrogen and oxygen atoms in total. The zero-order valence-electron chi connectivity index (χ0n) is 19.8. The molecule has 1 unspecified atom stereocenters. The summed E-state index contributed by atoms with van der Waals surface area (Å²) in [5.74, 6) is 1.14. The minimum atomic E-state index is -0.648. The molecule has 0 bridgehead atoms. The first-order valence-corrected chi connectivity index (χ1v) is 10.9. The Morgan fingerprint density at radius 2 is 1.91 bits per heavy atom. The zero-order chi connectivity index (χ0) is 24.5. The molecule has 3 aromatic heterocycles. The first kappa shape index (κ1) is 23.1. The number of fused-ring (bicyclic) bond motifs is 1. The number of carbonyl (C=O) groups is 1. The van der Waals surface area contributed by atoms with Crippen LogP contribution in [-0.4, -0.2) is 42.5 Å². The number of amides is 1. The third-order valence-corrected chi connectivity index (χ3v) is 5.08. The SMILES string of the molecule is COc1ccc(Cn2cc(-n3c(C(C)NC(=O)OC(C)(C)C)nc4cccn4c3=O)cn2)cc1. The lowest BCUT2D eigenvalue weighted by atomic mass is 10.2. The highest BCUT2D eigenvalue weighted by Gasteiger charge is 2.23. The molecule has 0 saturated carbocycles. The van der Waals surface area contributed by atoms with E-state index < -0.39 is 17.7 Å². The predicted octanol–water partition coefficient (Wildman–Crippen LogP) is 3.32. The van der Waals surface area contributed by atoms with E-state index in [9.17, 15) is 9.59 Å². The Hall–Kier alpha value is -4.08. The molecule has 0 spiro atoms. The van der Waals surface area contributed by atoms with Crippen LogP contribution in [0, 0.1) is 0 Å². The van der Waals surface area contributed by atoms with Crippen molar-refractivity contribution in [3.05, 3.63) is 76.9 Å². The van der Waals surface area contributed by atoms with Gasteiger partial charge in [0.05, 0.1) is 31.6 Å². The average molecular weight is 465 g/mol. The second kappa shape index (κ2) is 9.05. The topological polar surface area (TPSA) is 105 Å². The number of alkyl carbamates (subject to hydrolysis) is 1. The normalized spacial score (nSPS) is 12.5. The van der Waals surface area contributed by atoms with E-state index in [1.165, 1.54) is 8.97 Å². The van der Waals surface area contributed by atoms with Crippen molar-refractivity contribution in [3.8, 4) is 11.4 Å². The molecule has 4 rings (SSSR count). The highest BCUT2D eigenvalue weighted by molar-refractivity contribution is 5.68. The maximum Gasteiger partial charge on any atom is 0.408 e. The van der Waals surface area contributed by atoms with Crippen molar-refractivity contribution in [3.63, 3.8) is 0 Å². The first-order valence-electron chi connectivity index (χ1n) is 10.9. The molecule has 1 aromatic carbocycles. The van der Waals surface area contributed by atoms with Gasteiger partial charge in [0.2, 0.25) is 0 Å². The van der Waals surface area contributed by atoms with Crippen LogP contribution in [0.5, 0.6) is 5.75 Å². The molecule has 3 heterocycles. The Kier molecular flexibility index (Phi) is 6.14. The maximum absolute atomic E-state index is 13.4. The average Bonchev–Trinajstić information content (AvgIpc) is 3.42. The van der Waals surface area contributed by atoms with Gasteiger partial charge in [-0.05, 0) is 57.5 Å². The summed E-state index contributed by atoms with van der Waals surface area (Å²) in [6, 6.07) is 10.6. The van der Waals surface area contributed by atoms with E-state index in [1.807, 2.05) is 24.3 Å². The molecule has 0 saturated heterocycles. The highest BCUT2D eigenvalue weighted by Crippen LogP contribution is 2.18. The fraction of sp³-hybridized carbons (Fsp3) is 0.333. The van der Waals surface area contributed by atoms with Crippen LogP contribution < -0.4 is 15.7 Å². The Labute approximate surface area is 196 Å². The van der Waals surface area contributed by atoms with Gasteiger partial charge in [-0.2, -0.15) is 5.10 Å². The Balaban J connectivity index is 1.68. The van der Waals surface area contributed by atoms with E-state index in [-0.39, 0.29) is 5.69 Å². The van der Waals surface area contributed by atoms with Crippen molar-refractivity contribution in [2.45, 2.75) is 45.9 Å². The van der Waals surface area contributed by atoms with Crippen LogP contribution in [0.15, 0.2) is 59.8 Å². The molecule has 34 heavy (non-hydrogen) atoms. The van der Waals surface area contributed by atoms with Gasteiger partial charge >= 0.3 is 11.8 Å². The molecule has 0 fully saturated rings. The van der Waals surface area contributed by atoms with Crippen molar-refractivity contribution in [2.24, 2.45) is 0 Å². The minimum Gasteiger partial charge on any atom is -0.497 e. The Bertz CT molecular complexity index is 1360. The van der Waals surface area contributed by atoms with Gasteiger partial charge in [-0.15, -0.1) is 0 Å². The van der Waals surface area contributed by atoms with Gasteiger partial charge < -0.3 is 14.8 Å². The summed E-state index contributed by atoms with van der Waals surface area (Å²) < 4.78 is 15.2. The van der Waals surface area contributed by atoms with Crippen molar-refractivity contribution in [2.75, 3.05) is 7.11 Å². The summed E-state index contributed by atoms with van der Waals surface area (Å²) in [4.78, 5) is 30.4. The summed E-state index contributed by atoms with van der Waals surface area (Å²) in [5, 5.41) is 7.20. The van der Waals surface area contributed by atoms with Crippen LogP contribution in [-0.2, 0) is 11.3 Å². The van der Waals surface area contributed by atoms with Crippen LogP contribution in [0.25, 0.3) is 11.3 Å². The minimum absolute atomic E-state index is 0.313. The summed E-state index contributed by atoms with van der Waals surface area (Å²) in [5.41, 5.74) is 1.09. The number of nitrogens with one attached hydrogen (secondary N) is 1. The molecular weight excluding hydrogens is 436 g/mol. The molecule has 1 amide bonds. The van der Waals surface area contributed by atoms with Crippen molar-refractivity contribution in [1.82, 2.24) is 29.0 Å². The van der Waals surface area contributed by atoms with E-state index in [4.69, 9.17) is 9.47 Å². The quantitative estimate of drug-likeness (QED) is 0.469. The molecule has 0 radical (unpaired) electrons. The number of rotatable bonds is 6. The van der Waals surface area contributed by atoms with Crippen LogP contribution in [0.3, 0.4) is 0 Å². The number of aromatic nitrogens is 5. The van der Waals surface area contributed by atoms with Gasteiger partial charge in [-0.1, -0.05) is 12.1 Å². The lowest BCUT2D eigenvalue weighted by Gasteiger charge is -2.23. The molecule has 0 aliphatic heterocycles. The summed E-state index contributed by atoms with van der Waals surface area (Å²) >= 11 is 0. The summed E-state index contributed by atoms with van der Waals surface area (Å²) in [6.45, 7) is 7.63. The fourth-order valence-electron chi connectivity index (χ4n) is 3.55. The lowest BCUT2D eigenvalue weighted by molar-refractivity contribution is 0.0505. The molecule has 1 N–H and O–H groups in total. The number of methoxy groups -OCH3 is 1. The number of hydrogen-bond donors (Lipinski definition) is 1. The van der Waals surface area contributed by atoms with Crippen molar-refractivity contribution in [1.29, 1.82) is 0 Å². The fourth-order valence-corrected chi connectivity index (χ4v) is 3.55. The second-order valence-electron chi connectivity index (χ2n) is 8.94. The van der Waals surface area contributed by atoms with E-state index in [0.29, 0.717) is 23.7 Å². The van der Waals surface area contributed by atoms with Gasteiger partial charge in [-0.25, -0.2) is 19.1 Å². The number of nitrogens with zero attached hydrogens (tertiary/aromatic N) is 5. The van der Waals surface area contributed by atoms with E-state index in [2.05, 4.69) is 15.4 Å². The van der Waals surface area contributed by atoms with Gasteiger partial charge in [0.25, 0.3) is 0 Å². The van der Waals surface area contributed by atoms with Crippen molar-refractivity contribution >= 4 is 11.7 Å². The van der Waals surface area contributed by atoms with Crippen molar-refractivity contribution < 1.29 is 14.3 Å². The van der Waals surface area contributed by atoms with E-state index in [0.717, 1.165) is 11.3 Å². The monoisotopic (exact) mass is 464 g/mol. The highest BCUT2D eigenvalue weighted by atomic mass is 16.6. The van der Waals surface area contributed by atoms with Gasteiger partial charge in [0, 0.05) is 12.4 Å². The third kappa shape index (κ3) is 4.95. The van der Waals surface area contributed by atoms with Gasteiger partial charge in [-0.3, -0.25) is 9.08 Å². The smallest absolute Gasteiger partial charge is 0.408 e. The lowest BCUT2D eigenvalue weighted by Crippen LogP contribution is -2.38. The van der Waals surface area contributed by atoms with Crippen LogP contribution >= 0.6 is 0 Å². The molecule has 1 atom stereocenters. The predicted molar refractivity (Wildman–Crippen MR) is 126 cm³/mol. The molecule has 10 heteroatoms. The third-order valence-electron chi connectivity index (χ3n) is 5.08. The summed E-state index contributed by atoms with van der Waals surface area (Å²) in [6.07, 6.45) is 4.43. The van der Waals surface area contributed by atoms with Crippen LogP contribution in [0.4, 0.5) is 4.79 Å². The molecule has 4 aromatic rings. The second-order valence-corrected chi connectivity index (χ2v) is 8.94. The molecule has 0 aliphatic rings. The van der Waals surface area contributed by atoms with Gasteiger partial charge in [0.15, 0.2) is 0 Å². The summed E-state index contributed by atoms with van der Waals surface area (Å²) in [7, 11) is 1.62. The first-order chi connectivity index (χ1) is 16.1. The maximum atomic E-state index is 13.4. The molecule has 0 aliphatic carbocycles. The largest absolute Gasteiger partial charge is 0.497 e. The van der Waals surface area contributed by atoms with Crippen LogP contribution in [0.1, 0.15) is 45.1 Å². The molecular formula is C24H28N6O4. The van der Waals surface area contributed by atoms with E-state index >= 15 is 0 Å². The Morgan fingerprint density at radius 1 is 1.18 bits per heavy atom. The standard InChI is InChI=1S/C24H28N6O4/c1-16(26-22(31)34-24(2,3)4)21-27-20-7-6-12-29(20)23(32)30(21)18-13-25-28(15-18)14-17-8-10-19(33-5)11-9-17/h6-13,15-16H,14H2,1-5H3,(H,26,31). The van der Waals surface area contributed by atoms with Gasteiger partial charge in [0.1, 0.15) is 22.8 Å². The van der Waals surface area contributed by atoms with E-state index in [1.54, 1.807) is 70.2 Å². The van der Waals surface area contributed by atoms with Crippen LogP contribution in [0.2, 0.25) is 0 Å². The number of ether oxygens (including phenoxy) is 2. The zero-order valence-corrected chi connectivity index (χ0v) is 19.8. The Morgan fingerprint density at radius 3 is 2.59 bits per heavy atom. The number of carbonyl (C=O) groups excluding carboxylic acids is 1.